The summed E-state index contributed by atoms with van der Waals surface area (Å²) in [4.78, 5) is 14.5. The Labute approximate surface area is 155 Å². The second-order valence-corrected chi connectivity index (χ2v) is 7.39. The Morgan fingerprint density at radius 1 is 1.27 bits per heavy atom. The van der Waals surface area contributed by atoms with Gasteiger partial charge >= 0.3 is 0 Å². The third-order valence-corrected chi connectivity index (χ3v) is 5.23. The standard InChI is InChI=1S/C21H28N2O3/c1-15(2)19-14-20(26-22-19)21(24)23-12-10-17(11-13-23)5-4-16-6-8-18(25-3)9-7-16/h6-9,14-15,17H,4-5,10-13H2,1-3H3. The molecule has 1 aromatic carbocycles. The van der Waals surface area contributed by atoms with E-state index in [-0.39, 0.29) is 11.8 Å². The summed E-state index contributed by atoms with van der Waals surface area (Å²) in [6.45, 7) is 5.68. The zero-order valence-electron chi connectivity index (χ0n) is 15.9. The van der Waals surface area contributed by atoms with Gasteiger partial charge < -0.3 is 14.2 Å². The first kappa shape index (κ1) is 18.5. The summed E-state index contributed by atoms with van der Waals surface area (Å²) in [5.41, 5.74) is 2.18. The highest BCUT2D eigenvalue weighted by Gasteiger charge is 2.26. The highest BCUT2D eigenvalue weighted by atomic mass is 16.5. The topological polar surface area (TPSA) is 55.6 Å². The molecule has 1 amide bonds. The molecule has 1 aromatic heterocycles. The van der Waals surface area contributed by atoms with Crippen molar-refractivity contribution in [2.24, 2.45) is 5.92 Å². The summed E-state index contributed by atoms with van der Waals surface area (Å²) < 4.78 is 10.4. The molecule has 26 heavy (non-hydrogen) atoms. The van der Waals surface area contributed by atoms with Crippen LogP contribution in [0.5, 0.6) is 5.75 Å². The molecule has 0 atom stereocenters. The van der Waals surface area contributed by atoms with E-state index in [0.29, 0.717) is 11.7 Å². The maximum absolute atomic E-state index is 12.6. The van der Waals surface area contributed by atoms with Crippen molar-refractivity contribution in [2.45, 2.75) is 45.4 Å². The van der Waals surface area contributed by atoms with E-state index in [0.717, 1.165) is 50.2 Å². The van der Waals surface area contributed by atoms with E-state index in [1.807, 2.05) is 30.9 Å². The maximum atomic E-state index is 12.6. The monoisotopic (exact) mass is 356 g/mol. The van der Waals surface area contributed by atoms with Gasteiger partial charge in [-0.1, -0.05) is 31.1 Å². The van der Waals surface area contributed by atoms with Gasteiger partial charge in [0.05, 0.1) is 12.8 Å². The number of likely N-dealkylation sites (tertiary alicyclic amines) is 1. The van der Waals surface area contributed by atoms with Crippen LogP contribution in [0.15, 0.2) is 34.9 Å². The maximum Gasteiger partial charge on any atom is 0.292 e. The van der Waals surface area contributed by atoms with Gasteiger partial charge in [-0.15, -0.1) is 0 Å². The fraction of sp³-hybridized carbons (Fsp3) is 0.524. The molecule has 0 saturated carbocycles. The van der Waals surface area contributed by atoms with Gasteiger partial charge in [0.2, 0.25) is 5.76 Å². The molecule has 0 bridgehead atoms. The second kappa shape index (κ2) is 8.39. The molecule has 1 aliphatic heterocycles. The van der Waals surface area contributed by atoms with Gasteiger partial charge in [0.25, 0.3) is 5.91 Å². The molecular formula is C21H28N2O3. The van der Waals surface area contributed by atoms with Crippen molar-refractivity contribution in [2.75, 3.05) is 20.2 Å². The van der Waals surface area contributed by atoms with Crippen molar-refractivity contribution < 1.29 is 14.1 Å². The lowest BCUT2D eigenvalue weighted by Crippen LogP contribution is -2.38. The Bertz CT molecular complexity index is 713. The van der Waals surface area contributed by atoms with Crippen LogP contribution in [0.2, 0.25) is 0 Å². The van der Waals surface area contributed by atoms with Crippen LogP contribution in [0.1, 0.15) is 60.8 Å². The zero-order valence-corrected chi connectivity index (χ0v) is 15.9. The number of nitrogens with zero attached hydrogens (tertiary/aromatic N) is 2. The average Bonchev–Trinajstić information content (AvgIpc) is 3.17. The molecule has 3 rings (SSSR count). The molecule has 0 unspecified atom stereocenters. The molecule has 2 aromatic rings. The van der Waals surface area contributed by atoms with Crippen molar-refractivity contribution >= 4 is 5.91 Å². The van der Waals surface area contributed by atoms with Crippen molar-refractivity contribution in [1.29, 1.82) is 0 Å². The van der Waals surface area contributed by atoms with Gasteiger partial charge in [0, 0.05) is 19.2 Å². The predicted molar refractivity (Wildman–Crippen MR) is 101 cm³/mol. The third kappa shape index (κ3) is 4.45. The highest BCUT2D eigenvalue weighted by molar-refractivity contribution is 5.91. The van der Waals surface area contributed by atoms with Crippen molar-refractivity contribution in [3.63, 3.8) is 0 Å². The highest BCUT2D eigenvalue weighted by Crippen LogP contribution is 2.25. The van der Waals surface area contributed by atoms with Crippen molar-refractivity contribution in [1.82, 2.24) is 10.1 Å². The van der Waals surface area contributed by atoms with E-state index in [1.54, 1.807) is 13.2 Å². The number of piperidine rings is 1. The predicted octanol–water partition coefficient (Wildman–Crippen LogP) is 4.29. The normalized spacial score (nSPS) is 15.5. The largest absolute Gasteiger partial charge is 0.497 e. The van der Waals surface area contributed by atoms with Crippen LogP contribution in [-0.2, 0) is 6.42 Å². The minimum absolute atomic E-state index is 0.0296. The first-order valence-electron chi connectivity index (χ1n) is 9.45. The number of aromatic nitrogens is 1. The first-order chi connectivity index (χ1) is 12.6. The number of carbonyl (C=O) groups excluding carboxylic acids is 1. The lowest BCUT2D eigenvalue weighted by molar-refractivity contribution is 0.0645. The van der Waals surface area contributed by atoms with E-state index in [2.05, 4.69) is 17.3 Å². The summed E-state index contributed by atoms with van der Waals surface area (Å²) in [5, 5.41) is 3.99. The summed E-state index contributed by atoms with van der Waals surface area (Å²) in [6, 6.07) is 10.1. The van der Waals surface area contributed by atoms with E-state index in [4.69, 9.17) is 9.26 Å². The number of methoxy groups -OCH3 is 1. The SMILES string of the molecule is COc1ccc(CCC2CCN(C(=O)c3cc(C(C)C)no3)CC2)cc1. The van der Waals surface area contributed by atoms with Crippen LogP contribution >= 0.6 is 0 Å². The summed E-state index contributed by atoms with van der Waals surface area (Å²) in [5.74, 6) is 2.17. The molecular weight excluding hydrogens is 328 g/mol. The van der Waals surface area contributed by atoms with Crippen LogP contribution in [0.3, 0.4) is 0 Å². The second-order valence-electron chi connectivity index (χ2n) is 7.39. The summed E-state index contributed by atoms with van der Waals surface area (Å²) >= 11 is 0. The molecule has 1 fully saturated rings. The van der Waals surface area contributed by atoms with E-state index < -0.39 is 0 Å². The minimum Gasteiger partial charge on any atom is -0.497 e. The van der Waals surface area contributed by atoms with Crippen LogP contribution in [0.4, 0.5) is 0 Å². The van der Waals surface area contributed by atoms with Crippen molar-refractivity contribution in [3.8, 4) is 5.75 Å². The van der Waals surface area contributed by atoms with Gasteiger partial charge in [0.1, 0.15) is 5.75 Å². The number of aryl methyl sites for hydroxylation is 1. The average molecular weight is 356 g/mol. The number of hydrogen-bond donors (Lipinski definition) is 0. The molecule has 140 valence electrons. The van der Waals surface area contributed by atoms with Gasteiger partial charge in [0.15, 0.2) is 0 Å². The smallest absolute Gasteiger partial charge is 0.292 e. The van der Waals surface area contributed by atoms with E-state index >= 15 is 0 Å². The minimum atomic E-state index is -0.0296. The molecule has 5 nitrogen and oxygen atoms in total. The Morgan fingerprint density at radius 3 is 2.54 bits per heavy atom. The number of benzene rings is 1. The molecule has 2 heterocycles. The number of carbonyl (C=O) groups is 1. The number of ether oxygens (including phenoxy) is 1. The summed E-state index contributed by atoms with van der Waals surface area (Å²) in [6.07, 6.45) is 4.33. The fourth-order valence-corrected chi connectivity index (χ4v) is 3.41. The lowest BCUT2D eigenvalue weighted by atomic mass is 9.90. The van der Waals surface area contributed by atoms with Crippen LogP contribution in [0, 0.1) is 5.92 Å². The molecule has 0 aliphatic carbocycles. The summed E-state index contributed by atoms with van der Waals surface area (Å²) in [7, 11) is 1.69. The van der Waals surface area contributed by atoms with Gasteiger partial charge in [-0.25, -0.2) is 0 Å². The fourth-order valence-electron chi connectivity index (χ4n) is 3.41. The molecule has 0 radical (unpaired) electrons. The van der Waals surface area contributed by atoms with Crippen LogP contribution in [0.25, 0.3) is 0 Å². The Kier molecular flexibility index (Phi) is 5.96. The van der Waals surface area contributed by atoms with Crippen LogP contribution < -0.4 is 4.74 Å². The van der Waals surface area contributed by atoms with E-state index in [1.165, 1.54) is 5.56 Å². The molecule has 0 N–H and O–H groups in total. The molecule has 5 heteroatoms. The van der Waals surface area contributed by atoms with Gasteiger partial charge in [-0.05, 0) is 55.2 Å². The lowest BCUT2D eigenvalue weighted by Gasteiger charge is -2.31. The van der Waals surface area contributed by atoms with Crippen LogP contribution in [-0.4, -0.2) is 36.2 Å². The Hall–Kier alpha value is -2.30. The zero-order chi connectivity index (χ0) is 18.5. The third-order valence-electron chi connectivity index (χ3n) is 5.23. The quantitative estimate of drug-likeness (QED) is 0.775. The van der Waals surface area contributed by atoms with Gasteiger partial charge in [-0.2, -0.15) is 0 Å². The molecule has 1 aliphatic rings. The number of amides is 1. The van der Waals surface area contributed by atoms with Gasteiger partial charge in [-0.3, -0.25) is 4.79 Å². The molecule has 1 saturated heterocycles. The molecule has 0 spiro atoms. The number of rotatable bonds is 6. The Balaban J connectivity index is 1.46. The first-order valence-corrected chi connectivity index (χ1v) is 9.45. The Morgan fingerprint density at radius 2 is 1.96 bits per heavy atom. The number of hydrogen-bond acceptors (Lipinski definition) is 4. The van der Waals surface area contributed by atoms with Crippen molar-refractivity contribution in [3.05, 3.63) is 47.3 Å². The van der Waals surface area contributed by atoms with E-state index in [9.17, 15) is 4.79 Å².